The lowest BCUT2D eigenvalue weighted by atomic mass is 10.0. The highest BCUT2D eigenvalue weighted by Crippen LogP contribution is 2.19. The predicted molar refractivity (Wildman–Crippen MR) is 226 cm³/mol. The number of nitrogens with two attached hydrogens (primary N) is 3. The zero-order valence-electron chi connectivity index (χ0n) is 33.5. The molecule has 60 heavy (non-hydrogen) atoms. The molecule has 0 saturated heterocycles. The normalized spacial score (nSPS) is 12.4. The Hall–Kier alpha value is -7.21. The van der Waals surface area contributed by atoms with Crippen LogP contribution in [0.15, 0.2) is 91.1 Å². The van der Waals surface area contributed by atoms with E-state index >= 15 is 0 Å². The fraction of sp³-hybridized carbons (Fsp3) is 0.310. The molecule has 0 fully saturated rings. The highest BCUT2D eigenvalue weighted by Gasteiger charge is 2.31. The van der Waals surface area contributed by atoms with Gasteiger partial charge >= 0.3 is 5.97 Å². The zero-order chi connectivity index (χ0) is 43.0. The minimum absolute atomic E-state index is 0.00116. The van der Waals surface area contributed by atoms with Gasteiger partial charge in [-0.1, -0.05) is 60.7 Å². The molecule has 18 nitrogen and oxygen atoms in total. The van der Waals surface area contributed by atoms with E-state index in [4.69, 9.17) is 21.9 Å². The van der Waals surface area contributed by atoms with Crippen LogP contribution >= 0.6 is 0 Å². The molecular weight excluding hydrogens is 769 g/mol. The third-order valence-electron chi connectivity index (χ3n) is 9.31. The number of amides is 4. The Bertz CT molecular complexity index is 2250. The number of anilines is 3. The molecule has 2 aromatic heterocycles. The SMILES string of the molecule is CCOC(=O)CC[C@H](NC(=O)c1ccc(N(C)Cc2cnc3nc(N)nc(N)c3n2)cc1)C(=O)N[C@@H](Cc1ccccc1)C(=O)N[C@@H](Cc1ccccc1)C(=O)NCCN. The smallest absolute Gasteiger partial charge is 0.305 e. The van der Waals surface area contributed by atoms with E-state index in [1.807, 2.05) is 48.3 Å². The Balaban J connectivity index is 1.32. The number of esters is 1. The first kappa shape index (κ1) is 43.9. The number of nitrogens with zero attached hydrogens (tertiary/aromatic N) is 5. The molecule has 314 valence electrons. The Labute approximate surface area is 347 Å². The molecule has 0 aliphatic rings. The van der Waals surface area contributed by atoms with Crippen LogP contribution in [0.4, 0.5) is 17.5 Å². The molecule has 10 N–H and O–H groups in total. The second-order valence-corrected chi connectivity index (χ2v) is 13.9. The standard InChI is InChI=1S/C42H50N12O6/c1-3-60-34(55)19-18-31(49-38(56)28-14-16-30(17-15-28)54(2)25-29-24-47-37-35(48-29)36(44)52-42(45)53-37)40(58)51-33(23-27-12-8-5-9-13-27)41(59)50-32(39(57)46-21-20-43)22-26-10-6-4-7-11-26/h4-17,24,31-33H,3,18-23,25,43H2,1-2H3,(H,46,57)(H,49,56)(H,50,59)(H,51,58)(H4,44,45,47,52,53)/t31-,32-,33-/m0/s1. The van der Waals surface area contributed by atoms with Crippen LogP contribution in [0, 0.1) is 0 Å². The number of carbonyl (C=O) groups is 5. The lowest BCUT2D eigenvalue weighted by Gasteiger charge is -2.26. The van der Waals surface area contributed by atoms with Crippen molar-refractivity contribution in [2.75, 3.05) is 43.1 Å². The fourth-order valence-corrected chi connectivity index (χ4v) is 6.25. The molecule has 18 heteroatoms. The number of hydrogen-bond acceptors (Lipinski definition) is 14. The fourth-order valence-electron chi connectivity index (χ4n) is 6.25. The summed E-state index contributed by atoms with van der Waals surface area (Å²) in [4.78, 5) is 86.2. The van der Waals surface area contributed by atoms with Gasteiger partial charge in [0.1, 0.15) is 18.1 Å². The van der Waals surface area contributed by atoms with Crippen molar-refractivity contribution in [1.82, 2.24) is 41.2 Å². The maximum Gasteiger partial charge on any atom is 0.305 e. The number of benzene rings is 3. The highest BCUT2D eigenvalue weighted by atomic mass is 16.5. The first-order chi connectivity index (χ1) is 28.9. The molecule has 2 heterocycles. The lowest BCUT2D eigenvalue weighted by Crippen LogP contribution is -2.58. The monoisotopic (exact) mass is 818 g/mol. The molecule has 5 aromatic rings. The van der Waals surface area contributed by atoms with Gasteiger partial charge in [0.05, 0.1) is 25.0 Å². The molecule has 0 unspecified atom stereocenters. The van der Waals surface area contributed by atoms with E-state index in [1.54, 1.807) is 61.7 Å². The van der Waals surface area contributed by atoms with Crippen LogP contribution < -0.4 is 43.4 Å². The van der Waals surface area contributed by atoms with E-state index in [-0.39, 0.29) is 68.4 Å². The molecule has 4 amide bonds. The van der Waals surface area contributed by atoms with Gasteiger partial charge in [-0.25, -0.2) is 9.97 Å². The van der Waals surface area contributed by atoms with E-state index in [1.165, 1.54) is 0 Å². The lowest BCUT2D eigenvalue weighted by molar-refractivity contribution is -0.143. The molecular formula is C42H50N12O6. The predicted octanol–water partition coefficient (Wildman–Crippen LogP) is 1.19. The average Bonchev–Trinajstić information content (AvgIpc) is 3.24. The van der Waals surface area contributed by atoms with E-state index in [2.05, 4.69) is 41.2 Å². The van der Waals surface area contributed by atoms with Crippen molar-refractivity contribution in [3.05, 3.63) is 114 Å². The summed E-state index contributed by atoms with van der Waals surface area (Å²) in [6, 6.07) is 21.5. The van der Waals surface area contributed by atoms with Crippen molar-refractivity contribution < 1.29 is 28.7 Å². The number of rotatable bonds is 20. The Morgan fingerprint density at radius 3 is 1.95 bits per heavy atom. The number of carbonyl (C=O) groups excluding carboxylic acids is 5. The number of hydrogen-bond donors (Lipinski definition) is 7. The second kappa shape index (κ2) is 21.5. The van der Waals surface area contributed by atoms with Crippen molar-refractivity contribution >= 4 is 58.2 Å². The molecule has 0 saturated carbocycles. The van der Waals surface area contributed by atoms with Gasteiger partial charge in [0.25, 0.3) is 5.91 Å². The molecule has 0 aliphatic carbocycles. The topological polar surface area (TPSA) is 276 Å². The van der Waals surface area contributed by atoms with Crippen LogP contribution in [-0.4, -0.2) is 94.4 Å². The van der Waals surface area contributed by atoms with Gasteiger partial charge in [0.2, 0.25) is 23.7 Å². The minimum Gasteiger partial charge on any atom is -0.466 e. The highest BCUT2D eigenvalue weighted by molar-refractivity contribution is 5.99. The van der Waals surface area contributed by atoms with Gasteiger partial charge in [-0.05, 0) is 48.7 Å². The first-order valence-electron chi connectivity index (χ1n) is 19.4. The number of nitrogen functional groups attached to an aromatic ring is 2. The molecule has 0 spiro atoms. The van der Waals surface area contributed by atoms with Gasteiger partial charge < -0.3 is 48.1 Å². The third-order valence-corrected chi connectivity index (χ3v) is 9.31. The van der Waals surface area contributed by atoms with Gasteiger partial charge in [0.15, 0.2) is 17.0 Å². The van der Waals surface area contributed by atoms with E-state index < -0.39 is 47.7 Å². The summed E-state index contributed by atoms with van der Waals surface area (Å²) in [7, 11) is 1.83. The molecule has 0 bridgehead atoms. The van der Waals surface area contributed by atoms with Crippen LogP contribution in [0.5, 0.6) is 0 Å². The zero-order valence-corrected chi connectivity index (χ0v) is 33.5. The van der Waals surface area contributed by atoms with Crippen LogP contribution in [0.1, 0.15) is 46.9 Å². The maximum atomic E-state index is 14.1. The van der Waals surface area contributed by atoms with E-state index in [0.717, 1.165) is 16.8 Å². The molecule has 3 atom stereocenters. The summed E-state index contributed by atoms with van der Waals surface area (Å²) < 4.78 is 5.09. The summed E-state index contributed by atoms with van der Waals surface area (Å²) in [5, 5.41) is 11.1. The second-order valence-electron chi connectivity index (χ2n) is 13.9. The first-order valence-corrected chi connectivity index (χ1v) is 19.4. The maximum absolute atomic E-state index is 14.1. The quantitative estimate of drug-likeness (QED) is 0.0544. The third kappa shape index (κ3) is 12.6. The number of ether oxygens (including phenoxy) is 1. The molecule has 0 radical (unpaired) electrons. The summed E-state index contributed by atoms with van der Waals surface area (Å²) >= 11 is 0. The Kier molecular flexibility index (Phi) is 15.7. The Morgan fingerprint density at radius 2 is 1.35 bits per heavy atom. The Morgan fingerprint density at radius 1 is 0.750 bits per heavy atom. The van der Waals surface area contributed by atoms with Gasteiger partial charge in [-0.3, -0.25) is 24.0 Å². The van der Waals surface area contributed by atoms with E-state index in [9.17, 15) is 24.0 Å². The number of aromatic nitrogens is 4. The average molecular weight is 819 g/mol. The minimum atomic E-state index is -1.25. The van der Waals surface area contributed by atoms with Gasteiger partial charge in [-0.2, -0.15) is 9.97 Å². The van der Waals surface area contributed by atoms with Crippen LogP contribution in [0.25, 0.3) is 11.2 Å². The van der Waals surface area contributed by atoms with Gasteiger partial charge in [0, 0.05) is 50.7 Å². The van der Waals surface area contributed by atoms with Crippen molar-refractivity contribution in [2.24, 2.45) is 5.73 Å². The summed E-state index contributed by atoms with van der Waals surface area (Å²) in [6.07, 6.45) is 1.50. The number of nitrogens with one attached hydrogen (secondary N) is 4. The summed E-state index contributed by atoms with van der Waals surface area (Å²) in [6.45, 7) is 2.54. The summed E-state index contributed by atoms with van der Waals surface area (Å²) in [5.74, 6) is -2.80. The van der Waals surface area contributed by atoms with Crippen molar-refractivity contribution in [2.45, 2.75) is 57.3 Å². The van der Waals surface area contributed by atoms with Crippen molar-refractivity contribution in [1.29, 1.82) is 0 Å². The van der Waals surface area contributed by atoms with Crippen molar-refractivity contribution in [3.8, 4) is 0 Å². The van der Waals surface area contributed by atoms with Crippen molar-refractivity contribution in [3.63, 3.8) is 0 Å². The van der Waals surface area contributed by atoms with Gasteiger partial charge in [-0.15, -0.1) is 0 Å². The van der Waals surface area contributed by atoms with Crippen LogP contribution in [0.2, 0.25) is 0 Å². The molecule has 0 aliphatic heterocycles. The van der Waals surface area contributed by atoms with Crippen LogP contribution in [0.3, 0.4) is 0 Å². The van der Waals surface area contributed by atoms with Crippen LogP contribution in [-0.2, 0) is 43.3 Å². The molecule has 5 rings (SSSR count). The molecule has 3 aromatic carbocycles. The van der Waals surface area contributed by atoms with E-state index in [0.29, 0.717) is 17.8 Å². The summed E-state index contributed by atoms with van der Waals surface area (Å²) in [5.41, 5.74) is 21.0. The number of fused-ring (bicyclic) bond motifs is 1. The largest absolute Gasteiger partial charge is 0.466 e.